The van der Waals surface area contributed by atoms with E-state index >= 15 is 0 Å². The number of nitrogens with one attached hydrogen (secondary N) is 2. The van der Waals surface area contributed by atoms with Crippen LogP contribution in [0.25, 0.3) is 6.08 Å². The number of hydrazine groups is 1. The summed E-state index contributed by atoms with van der Waals surface area (Å²) in [6.45, 7) is 0.507. The lowest BCUT2D eigenvalue weighted by atomic mass is 10.1. The number of rotatable bonds is 2. The zero-order valence-corrected chi connectivity index (χ0v) is 10.9. The first-order valence-electron chi connectivity index (χ1n) is 6.48. The highest BCUT2D eigenvalue weighted by Gasteiger charge is 2.15. The van der Waals surface area contributed by atoms with Crippen molar-refractivity contribution in [1.29, 1.82) is 0 Å². The van der Waals surface area contributed by atoms with Gasteiger partial charge in [0.25, 0.3) is 0 Å². The van der Waals surface area contributed by atoms with Crippen LogP contribution in [-0.2, 0) is 6.54 Å². The van der Waals surface area contributed by atoms with Crippen LogP contribution in [0.5, 0.6) is 0 Å². The van der Waals surface area contributed by atoms with Crippen molar-refractivity contribution < 1.29 is 4.79 Å². The smallest absolute Gasteiger partial charge is 0.332 e. The Morgan fingerprint density at radius 3 is 2.65 bits per heavy atom. The second-order valence-electron chi connectivity index (χ2n) is 4.53. The Morgan fingerprint density at radius 1 is 1.05 bits per heavy atom. The van der Waals surface area contributed by atoms with Crippen LogP contribution in [0, 0.1) is 0 Å². The standard InChI is InChI=1S/C16H15N3O/c20-16(17-12-13-6-2-1-3-7-13)19-11-10-14-8-4-5-9-15(14)18-19/h1-11,18H,12H2,(H,17,20). The zero-order valence-electron chi connectivity index (χ0n) is 10.9. The van der Waals surface area contributed by atoms with Crippen molar-refractivity contribution in [2.24, 2.45) is 0 Å². The number of nitrogens with zero attached hydrogens (tertiary/aromatic N) is 1. The van der Waals surface area contributed by atoms with E-state index in [0.717, 1.165) is 16.8 Å². The minimum Gasteiger partial charge on any atom is -0.332 e. The molecule has 0 unspecified atom stereocenters. The number of carbonyl (C=O) groups excluding carboxylic acids is 1. The van der Waals surface area contributed by atoms with Crippen molar-refractivity contribution in [1.82, 2.24) is 10.3 Å². The fraction of sp³-hybridized carbons (Fsp3) is 0.0625. The molecule has 100 valence electrons. The molecule has 4 nitrogen and oxygen atoms in total. The highest BCUT2D eigenvalue weighted by molar-refractivity contribution is 5.81. The largest absolute Gasteiger partial charge is 0.340 e. The maximum absolute atomic E-state index is 12.1. The van der Waals surface area contributed by atoms with Gasteiger partial charge in [0.1, 0.15) is 0 Å². The topological polar surface area (TPSA) is 44.4 Å². The fourth-order valence-corrected chi connectivity index (χ4v) is 2.04. The fourth-order valence-electron chi connectivity index (χ4n) is 2.04. The van der Waals surface area contributed by atoms with E-state index in [-0.39, 0.29) is 6.03 Å². The van der Waals surface area contributed by atoms with E-state index < -0.39 is 0 Å². The molecular weight excluding hydrogens is 250 g/mol. The summed E-state index contributed by atoms with van der Waals surface area (Å²) in [6, 6.07) is 17.5. The second kappa shape index (κ2) is 5.48. The summed E-state index contributed by atoms with van der Waals surface area (Å²) in [5.74, 6) is 0. The summed E-state index contributed by atoms with van der Waals surface area (Å²) in [5.41, 5.74) is 6.13. The van der Waals surface area contributed by atoms with Gasteiger partial charge in [-0.1, -0.05) is 48.5 Å². The molecule has 0 radical (unpaired) electrons. The first kappa shape index (κ1) is 12.3. The number of fused-ring (bicyclic) bond motifs is 1. The van der Waals surface area contributed by atoms with E-state index in [1.165, 1.54) is 5.01 Å². The van der Waals surface area contributed by atoms with E-state index in [1.807, 2.05) is 60.7 Å². The molecule has 2 aromatic rings. The van der Waals surface area contributed by atoms with Crippen LogP contribution in [0.2, 0.25) is 0 Å². The Balaban J connectivity index is 1.62. The molecule has 2 aromatic carbocycles. The second-order valence-corrected chi connectivity index (χ2v) is 4.53. The Labute approximate surface area is 117 Å². The van der Waals surface area contributed by atoms with Crippen LogP contribution in [-0.4, -0.2) is 11.0 Å². The highest BCUT2D eigenvalue weighted by Crippen LogP contribution is 2.21. The molecule has 0 saturated heterocycles. The summed E-state index contributed by atoms with van der Waals surface area (Å²) in [6.07, 6.45) is 3.64. The molecule has 0 saturated carbocycles. The Bertz CT molecular complexity index is 637. The number of para-hydroxylation sites is 1. The van der Waals surface area contributed by atoms with E-state index in [9.17, 15) is 4.79 Å². The summed E-state index contributed by atoms with van der Waals surface area (Å²) in [5, 5.41) is 4.32. The first-order chi connectivity index (χ1) is 9.83. The van der Waals surface area contributed by atoms with Gasteiger partial charge in [0.15, 0.2) is 0 Å². The number of carbonyl (C=O) groups is 1. The molecule has 0 spiro atoms. The molecule has 0 aliphatic carbocycles. The molecule has 2 N–H and O–H groups in total. The number of benzene rings is 2. The van der Waals surface area contributed by atoms with Gasteiger partial charge >= 0.3 is 6.03 Å². The number of hydrogen-bond acceptors (Lipinski definition) is 2. The van der Waals surface area contributed by atoms with Gasteiger partial charge in [-0.3, -0.25) is 5.43 Å². The predicted molar refractivity (Wildman–Crippen MR) is 79.6 cm³/mol. The highest BCUT2D eigenvalue weighted by atomic mass is 16.2. The lowest BCUT2D eigenvalue weighted by Crippen LogP contribution is -2.40. The van der Waals surface area contributed by atoms with Crippen LogP contribution >= 0.6 is 0 Å². The number of urea groups is 1. The third kappa shape index (κ3) is 2.64. The van der Waals surface area contributed by atoms with Crippen LogP contribution in [0.15, 0.2) is 60.8 Å². The predicted octanol–water partition coefficient (Wildman–Crippen LogP) is 3.21. The van der Waals surface area contributed by atoms with E-state index in [2.05, 4.69) is 10.7 Å². The van der Waals surface area contributed by atoms with E-state index in [1.54, 1.807) is 6.20 Å². The summed E-state index contributed by atoms with van der Waals surface area (Å²) >= 11 is 0. The quantitative estimate of drug-likeness (QED) is 0.875. The maximum atomic E-state index is 12.1. The first-order valence-corrected chi connectivity index (χ1v) is 6.48. The molecule has 1 aliphatic heterocycles. The van der Waals surface area contributed by atoms with E-state index in [4.69, 9.17) is 0 Å². The third-order valence-corrected chi connectivity index (χ3v) is 3.11. The molecule has 20 heavy (non-hydrogen) atoms. The normalized spacial score (nSPS) is 12.5. The summed E-state index contributed by atoms with van der Waals surface area (Å²) in [4.78, 5) is 12.1. The Hall–Kier alpha value is -2.75. The minimum atomic E-state index is -0.181. The van der Waals surface area contributed by atoms with Crippen molar-refractivity contribution in [3.05, 3.63) is 71.9 Å². The molecule has 0 fully saturated rings. The van der Waals surface area contributed by atoms with Gasteiger partial charge in [-0.05, 0) is 17.7 Å². The molecule has 1 aliphatic rings. The van der Waals surface area contributed by atoms with Gasteiger partial charge in [-0.2, -0.15) is 0 Å². The van der Waals surface area contributed by atoms with Crippen LogP contribution < -0.4 is 10.7 Å². The third-order valence-electron chi connectivity index (χ3n) is 3.11. The van der Waals surface area contributed by atoms with Crippen LogP contribution in [0.4, 0.5) is 10.5 Å². The van der Waals surface area contributed by atoms with Gasteiger partial charge in [0.05, 0.1) is 5.69 Å². The van der Waals surface area contributed by atoms with Gasteiger partial charge in [-0.25, -0.2) is 9.80 Å². The van der Waals surface area contributed by atoms with Crippen LogP contribution in [0.1, 0.15) is 11.1 Å². The van der Waals surface area contributed by atoms with Gasteiger partial charge in [-0.15, -0.1) is 0 Å². The van der Waals surface area contributed by atoms with Crippen molar-refractivity contribution in [3.8, 4) is 0 Å². The average molecular weight is 265 g/mol. The maximum Gasteiger partial charge on any atom is 0.340 e. The van der Waals surface area contributed by atoms with Crippen molar-refractivity contribution in [2.75, 3.05) is 5.43 Å². The molecule has 3 rings (SSSR count). The van der Waals surface area contributed by atoms with Gasteiger partial charge in [0, 0.05) is 18.3 Å². The van der Waals surface area contributed by atoms with Crippen molar-refractivity contribution in [2.45, 2.75) is 6.54 Å². The summed E-state index contributed by atoms with van der Waals surface area (Å²) in [7, 11) is 0. The molecule has 1 heterocycles. The Kier molecular flexibility index (Phi) is 3.37. The lowest BCUT2D eigenvalue weighted by Gasteiger charge is -2.25. The molecule has 4 heteroatoms. The molecular formula is C16H15N3O. The van der Waals surface area contributed by atoms with Gasteiger partial charge < -0.3 is 5.32 Å². The zero-order chi connectivity index (χ0) is 13.8. The molecule has 0 aromatic heterocycles. The Morgan fingerprint density at radius 2 is 1.80 bits per heavy atom. The number of anilines is 1. The number of amides is 2. The van der Waals surface area contributed by atoms with Crippen LogP contribution in [0.3, 0.4) is 0 Å². The lowest BCUT2D eigenvalue weighted by molar-refractivity contribution is 0.221. The van der Waals surface area contributed by atoms with Crippen molar-refractivity contribution in [3.63, 3.8) is 0 Å². The molecule has 0 bridgehead atoms. The minimum absolute atomic E-state index is 0.181. The monoisotopic (exact) mass is 265 g/mol. The van der Waals surface area contributed by atoms with Crippen molar-refractivity contribution >= 4 is 17.8 Å². The van der Waals surface area contributed by atoms with E-state index in [0.29, 0.717) is 6.54 Å². The average Bonchev–Trinajstić information content (AvgIpc) is 2.53. The molecule has 0 atom stereocenters. The summed E-state index contributed by atoms with van der Waals surface area (Å²) < 4.78 is 0. The van der Waals surface area contributed by atoms with Gasteiger partial charge in [0.2, 0.25) is 0 Å². The SMILES string of the molecule is O=C(NCc1ccccc1)N1C=Cc2ccccc2N1. The number of hydrogen-bond donors (Lipinski definition) is 2. The molecule has 2 amide bonds.